The molecule has 0 bridgehead atoms. The van der Waals surface area contributed by atoms with Crippen molar-refractivity contribution in [2.45, 2.75) is 5.88 Å². The van der Waals surface area contributed by atoms with Gasteiger partial charge in [0, 0.05) is 19.3 Å². The van der Waals surface area contributed by atoms with Crippen LogP contribution in [0.1, 0.15) is 5.89 Å². The average molecular weight is 222 g/mol. The molecular weight excluding hydrogens is 210 g/mol. The fourth-order valence-electron chi connectivity index (χ4n) is 0.777. The molecule has 1 heterocycles. The fourth-order valence-corrected chi connectivity index (χ4v) is 1.34. The van der Waals surface area contributed by atoms with Crippen LogP contribution < -0.4 is 4.90 Å². The Labute approximate surface area is 86.6 Å². The normalized spacial score (nSPS) is 10.4. The first kappa shape index (κ1) is 10.7. The van der Waals surface area contributed by atoms with E-state index < -0.39 is 0 Å². The molecule has 0 aliphatic carbocycles. The number of rotatable bonds is 5. The first-order valence-corrected chi connectivity index (χ1v) is 5.79. The molecule has 0 saturated heterocycles. The highest BCUT2D eigenvalue weighted by atomic mass is 35.5. The Morgan fingerprint density at radius 2 is 2.31 bits per heavy atom. The maximum absolute atomic E-state index is 5.53. The molecule has 0 atom stereocenters. The SMILES string of the molecule is CSCCN(C)c1nnc(CCl)o1. The topological polar surface area (TPSA) is 42.2 Å². The van der Waals surface area contributed by atoms with Gasteiger partial charge in [-0.1, -0.05) is 5.10 Å². The largest absolute Gasteiger partial charge is 0.407 e. The van der Waals surface area contributed by atoms with Crippen molar-refractivity contribution >= 4 is 29.4 Å². The van der Waals surface area contributed by atoms with E-state index in [-0.39, 0.29) is 5.88 Å². The number of hydrogen-bond acceptors (Lipinski definition) is 5. The fraction of sp³-hybridized carbons (Fsp3) is 0.714. The lowest BCUT2D eigenvalue weighted by molar-refractivity contribution is 0.509. The molecule has 1 rings (SSSR count). The monoisotopic (exact) mass is 221 g/mol. The van der Waals surface area contributed by atoms with E-state index in [2.05, 4.69) is 16.5 Å². The van der Waals surface area contributed by atoms with E-state index >= 15 is 0 Å². The summed E-state index contributed by atoms with van der Waals surface area (Å²) in [6.45, 7) is 0.894. The minimum absolute atomic E-state index is 0.267. The molecule has 0 amide bonds. The van der Waals surface area contributed by atoms with E-state index in [0.717, 1.165) is 12.3 Å². The summed E-state index contributed by atoms with van der Waals surface area (Å²) in [5.74, 6) is 1.77. The van der Waals surface area contributed by atoms with E-state index in [1.165, 1.54) is 0 Å². The Balaban J connectivity index is 2.50. The Kier molecular flexibility index (Phi) is 4.38. The number of anilines is 1. The van der Waals surface area contributed by atoms with Gasteiger partial charge in [0.2, 0.25) is 5.89 Å². The van der Waals surface area contributed by atoms with Crippen LogP contribution >= 0.6 is 23.4 Å². The quantitative estimate of drug-likeness (QED) is 0.707. The molecule has 74 valence electrons. The molecule has 0 N–H and O–H groups in total. The van der Waals surface area contributed by atoms with Crippen LogP contribution in [0.3, 0.4) is 0 Å². The van der Waals surface area contributed by atoms with E-state index in [0.29, 0.717) is 11.9 Å². The lowest BCUT2D eigenvalue weighted by Gasteiger charge is -2.11. The first-order chi connectivity index (χ1) is 6.27. The van der Waals surface area contributed by atoms with Crippen LogP contribution in [0.15, 0.2) is 4.42 Å². The minimum Gasteiger partial charge on any atom is -0.407 e. The molecule has 1 aromatic heterocycles. The van der Waals surface area contributed by atoms with Crippen LogP contribution in [0.4, 0.5) is 6.01 Å². The van der Waals surface area contributed by atoms with Crippen molar-refractivity contribution < 1.29 is 4.42 Å². The van der Waals surface area contributed by atoms with Gasteiger partial charge in [-0.3, -0.25) is 0 Å². The van der Waals surface area contributed by atoms with Gasteiger partial charge in [-0.25, -0.2) is 0 Å². The third-order valence-corrected chi connectivity index (χ3v) is 2.35. The van der Waals surface area contributed by atoms with Gasteiger partial charge < -0.3 is 9.32 Å². The summed E-state index contributed by atoms with van der Waals surface area (Å²) < 4.78 is 5.25. The second-order valence-electron chi connectivity index (χ2n) is 2.53. The zero-order chi connectivity index (χ0) is 9.68. The molecule has 1 aromatic rings. The summed E-state index contributed by atoms with van der Waals surface area (Å²) in [7, 11) is 1.92. The first-order valence-electron chi connectivity index (χ1n) is 3.86. The van der Waals surface area contributed by atoms with Gasteiger partial charge in [-0.2, -0.15) is 11.8 Å². The highest BCUT2D eigenvalue weighted by Crippen LogP contribution is 2.11. The maximum Gasteiger partial charge on any atom is 0.317 e. The Bertz CT molecular complexity index is 256. The van der Waals surface area contributed by atoms with Crippen molar-refractivity contribution in [3.63, 3.8) is 0 Å². The second-order valence-corrected chi connectivity index (χ2v) is 3.78. The Morgan fingerprint density at radius 3 is 2.85 bits per heavy atom. The van der Waals surface area contributed by atoms with Gasteiger partial charge in [0.05, 0.1) is 0 Å². The highest BCUT2D eigenvalue weighted by molar-refractivity contribution is 7.98. The van der Waals surface area contributed by atoms with Crippen molar-refractivity contribution in [1.82, 2.24) is 10.2 Å². The third-order valence-electron chi connectivity index (χ3n) is 1.53. The molecule has 0 spiro atoms. The minimum atomic E-state index is 0.267. The van der Waals surface area contributed by atoms with Crippen LogP contribution in [0, 0.1) is 0 Å². The van der Waals surface area contributed by atoms with Crippen LogP contribution in [-0.2, 0) is 5.88 Å². The Morgan fingerprint density at radius 1 is 1.54 bits per heavy atom. The van der Waals surface area contributed by atoms with Gasteiger partial charge in [-0.05, 0) is 6.26 Å². The van der Waals surface area contributed by atoms with Gasteiger partial charge >= 0.3 is 6.01 Å². The van der Waals surface area contributed by atoms with E-state index in [4.69, 9.17) is 16.0 Å². The van der Waals surface area contributed by atoms with Gasteiger partial charge in [-0.15, -0.1) is 16.7 Å². The molecule has 6 heteroatoms. The number of hydrogen-bond donors (Lipinski definition) is 0. The summed E-state index contributed by atoms with van der Waals surface area (Å²) in [5, 5.41) is 7.62. The molecule has 13 heavy (non-hydrogen) atoms. The zero-order valence-corrected chi connectivity index (χ0v) is 9.23. The Hall–Kier alpha value is -0.420. The lowest BCUT2D eigenvalue weighted by atomic mass is 10.6. The molecule has 0 saturated carbocycles. The molecule has 0 unspecified atom stereocenters. The highest BCUT2D eigenvalue weighted by Gasteiger charge is 2.08. The second kappa shape index (κ2) is 5.34. The van der Waals surface area contributed by atoms with Crippen LogP contribution in [0.2, 0.25) is 0 Å². The molecule has 0 aliphatic heterocycles. The van der Waals surface area contributed by atoms with Crippen molar-refractivity contribution in [1.29, 1.82) is 0 Å². The molecule has 0 aliphatic rings. The average Bonchev–Trinajstić information content (AvgIpc) is 2.62. The van der Waals surface area contributed by atoms with E-state index in [1.54, 1.807) is 11.8 Å². The molecule has 4 nitrogen and oxygen atoms in total. The van der Waals surface area contributed by atoms with Crippen LogP contribution in [0.5, 0.6) is 0 Å². The van der Waals surface area contributed by atoms with Gasteiger partial charge in [0.1, 0.15) is 5.88 Å². The molecule has 0 radical (unpaired) electrons. The van der Waals surface area contributed by atoms with Crippen LogP contribution in [-0.4, -0.2) is 35.8 Å². The summed E-state index contributed by atoms with van der Waals surface area (Å²) in [4.78, 5) is 1.92. The maximum atomic E-state index is 5.53. The number of nitrogens with zero attached hydrogens (tertiary/aromatic N) is 3. The molecule has 0 fully saturated rings. The molecule has 0 aromatic carbocycles. The van der Waals surface area contributed by atoms with Crippen molar-refractivity contribution in [3.8, 4) is 0 Å². The zero-order valence-electron chi connectivity index (χ0n) is 7.66. The van der Waals surface area contributed by atoms with Crippen molar-refractivity contribution in [2.75, 3.05) is 30.5 Å². The molecular formula is C7H12ClN3OS. The van der Waals surface area contributed by atoms with Gasteiger partial charge in [0.25, 0.3) is 0 Å². The summed E-state index contributed by atoms with van der Waals surface area (Å²) in [6.07, 6.45) is 2.06. The van der Waals surface area contributed by atoms with Crippen molar-refractivity contribution in [2.24, 2.45) is 0 Å². The number of halogens is 1. The summed E-state index contributed by atoms with van der Waals surface area (Å²) in [6, 6.07) is 0.532. The van der Waals surface area contributed by atoms with E-state index in [1.807, 2.05) is 11.9 Å². The summed E-state index contributed by atoms with van der Waals surface area (Å²) >= 11 is 7.31. The van der Waals surface area contributed by atoms with Gasteiger partial charge in [0.15, 0.2) is 0 Å². The number of aromatic nitrogens is 2. The smallest absolute Gasteiger partial charge is 0.317 e. The van der Waals surface area contributed by atoms with Crippen LogP contribution in [0.25, 0.3) is 0 Å². The predicted octanol–water partition coefficient (Wildman–Crippen LogP) is 1.61. The standard InChI is InChI=1S/C7H12ClN3OS/c1-11(3-4-13-2)7-10-9-6(5-8)12-7/h3-5H2,1-2H3. The summed E-state index contributed by atoms with van der Waals surface area (Å²) in [5.41, 5.74) is 0. The van der Waals surface area contributed by atoms with E-state index in [9.17, 15) is 0 Å². The number of alkyl halides is 1. The predicted molar refractivity (Wildman–Crippen MR) is 55.5 cm³/mol. The van der Waals surface area contributed by atoms with Crippen molar-refractivity contribution in [3.05, 3.63) is 5.89 Å². The lowest BCUT2D eigenvalue weighted by Crippen LogP contribution is -2.20. The third kappa shape index (κ3) is 3.08. The number of thioether (sulfide) groups is 1.